The topological polar surface area (TPSA) is 75.7 Å². The smallest absolute Gasteiger partial charge is 0.255 e. The summed E-state index contributed by atoms with van der Waals surface area (Å²) in [5.74, 6) is -0.248. The minimum Gasteiger partial charge on any atom is -0.497 e. The normalized spacial score (nSPS) is 11.0. The molecule has 0 aromatic heterocycles. The van der Waals surface area contributed by atoms with Crippen molar-refractivity contribution in [3.63, 3.8) is 0 Å². The molecule has 1 N–H and O–H groups in total. The molecule has 3 aromatic carbocycles. The van der Waals surface area contributed by atoms with Crippen LogP contribution in [-0.4, -0.2) is 27.7 Å². The van der Waals surface area contributed by atoms with Crippen LogP contribution >= 0.6 is 0 Å². The van der Waals surface area contributed by atoms with E-state index < -0.39 is 15.8 Å². The van der Waals surface area contributed by atoms with Crippen LogP contribution in [0, 0.1) is 5.82 Å². The van der Waals surface area contributed by atoms with Crippen LogP contribution < -0.4 is 14.4 Å². The molecular weight excluding hydrogens is 407 g/mol. The molecule has 0 atom stereocenters. The van der Waals surface area contributed by atoms with Gasteiger partial charge in [-0.25, -0.2) is 12.8 Å². The van der Waals surface area contributed by atoms with Crippen LogP contribution in [0.15, 0.2) is 72.8 Å². The third-order valence-corrected chi connectivity index (χ3v) is 5.54. The highest BCUT2D eigenvalue weighted by molar-refractivity contribution is 7.92. The molecule has 0 spiro atoms. The van der Waals surface area contributed by atoms with Crippen molar-refractivity contribution in [2.75, 3.05) is 23.0 Å². The van der Waals surface area contributed by atoms with Crippen molar-refractivity contribution in [2.24, 2.45) is 0 Å². The highest BCUT2D eigenvalue weighted by atomic mass is 32.2. The summed E-state index contributed by atoms with van der Waals surface area (Å²) in [6, 6.07) is 19.1. The molecule has 6 nitrogen and oxygen atoms in total. The number of para-hydroxylation sites is 1. The highest BCUT2D eigenvalue weighted by Crippen LogP contribution is 2.24. The van der Waals surface area contributed by atoms with E-state index in [1.165, 1.54) is 18.2 Å². The van der Waals surface area contributed by atoms with E-state index in [1.807, 2.05) is 0 Å². The second-order valence-electron chi connectivity index (χ2n) is 6.60. The largest absolute Gasteiger partial charge is 0.497 e. The molecule has 0 aliphatic heterocycles. The summed E-state index contributed by atoms with van der Waals surface area (Å²) >= 11 is 0. The van der Waals surface area contributed by atoms with Crippen LogP contribution in [0.3, 0.4) is 0 Å². The maximum Gasteiger partial charge on any atom is 0.255 e. The van der Waals surface area contributed by atoms with Crippen molar-refractivity contribution >= 4 is 27.3 Å². The zero-order valence-electron chi connectivity index (χ0n) is 16.5. The van der Waals surface area contributed by atoms with E-state index in [9.17, 15) is 17.6 Å². The predicted molar refractivity (Wildman–Crippen MR) is 115 cm³/mol. The molecule has 156 valence electrons. The standard InChI is InChI=1S/C22H21FN2O4S/c1-29-19-13-11-18(12-14-19)24-22(26)17-9-7-16(8-10-17)15-25(30(2,27)28)21-6-4-3-5-20(21)23/h3-14H,15H2,1-2H3,(H,24,26). The molecular formula is C22H21FN2O4S. The van der Waals surface area contributed by atoms with Crippen LogP contribution in [0.1, 0.15) is 15.9 Å². The number of amides is 1. The Kier molecular flexibility index (Phi) is 6.37. The molecule has 0 saturated heterocycles. The molecule has 0 saturated carbocycles. The van der Waals surface area contributed by atoms with Crippen LogP contribution in [-0.2, 0) is 16.6 Å². The number of hydrogen-bond donors (Lipinski definition) is 1. The first kappa shape index (κ1) is 21.3. The Morgan fingerprint density at radius 2 is 1.63 bits per heavy atom. The second kappa shape index (κ2) is 8.96. The quantitative estimate of drug-likeness (QED) is 0.616. The van der Waals surface area contributed by atoms with E-state index in [4.69, 9.17) is 4.74 Å². The highest BCUT2D eigenvalue weighted by Gasteiger charge is 2.21. The molecule has 0 aliphatic rings. The van der Waals surface area contributed by atoms with Gasteiger partial charge < -0.3 is 10.1 Å². The van der Waals surface area contributed by atoms with Crippen molar-refractivity contribution in [3.05, 3.63) is 89.7 Å². The van der Waals surface area contributed by atoms with Crippen molar-refractivity contribution in [1.82, 2.24) is 0 Å². The molecule has 3 aromatic rings. The molecule has 0 unspecified atom stereocenters. The number of methoxy groups -OCH3 is 1. The van der Waals surface area contributed by atoms with Gasteiger partial charge in [0.25, 0.3) is 5.91 Å². The van der Waals surface area contributed by atoms with Gasteiger partial charge in [0.05, 0.1) is 25.6 Å². The van der Waals surface area contributed by atoms with Gasteiger partial charge in [0.2, 0.25) is 10.0 Å². The zero-order valence-corrected chi connectivity index (χ0v) is 17.3. The molecule has 0 fully saturated rings. The maximum atomic E-state index is 14.1. The minimum atomic E-state index is -3.71. The predicted octanol–water partition coefficient (Wildman–Crippen LogP) is 4.05. The summed E-state index contributed by atoms with van der Waals surface area (Å²) in [4.78, 5) is 12.4. The van der Waals surface area contributed by atoms with Gasteiger partial charge in [-0.05, 0) is 54.1 Å². The SMILES string of the molecule is COc1ccc(NC(=O)c2ccc(CN(c3ccccc3F)S(C)(=O)=O)cc2)cc1. The molecule has 3 rings (SSSR count). The van der Waals surface area contributed by atoms with Crippen LogP contribution in [0.4, 0.5) is 15.8 Å². The van der Waals surface area contributed by atoms with E-state index in [0.29, 0.717) is 22.6 Å². The average Bonchev–Trinajstić information content (AvgIpc) is 2.73. The number of anilines is 2. The molecule has 30 heavy (non-hydrogen) atoms. The number of sulfonamides is 1. The van der Waals surface area contributed by atoms with E-state index in [0.717, 1.165) is 10.6 Å². The van der Waals surface area contributed by atoms with Gasteiger partial charge in [0.1, 0.15) is 11.6 Å². The fourth-order valence-corrected chi connectivity index (χ4v) is 3.73. The van der Waals surface area contributed by atoms with Gasteiger partial charge in [0, 0.05) is 11.3 Å². The van der Waals surface area contributed by atoms with Gasteiger partial charge in [-0.3, -0.25) is 9.10 Å². The monoisotopic (exact) mass is 428 g/mol. The van der Waals surface area contributed by atoms with Crippen molar-refractivity contribution in [3.8, 4) is 5.75 Å². The number of hydrogen-bond acceptors (Lipinski definition) is 4. The Morgan fingerprint density at radius 1 is 1.00 bits per heavy atom. The summed E-state index contributed by atoms with van der Waals surface area (Å²) in [6.45, 7) is -0.0554. The Morgan fingerprint density at radius 3 is 2.20 bits per heavy atom. The molecule has 0 bridgehead atoms. The van der Waals surface area contributed by atoms with Crippen LogP contribution in [0.2, 0.25) is 0 Å². The van der Waals surface area contributed by atoms with Gasteiger partial charge in [-0.2, -0.15) is 0 Å². The first-order valence-corrected chi connectivity index (χ1v) is 10.9. The summed E-state index contributed by atoms with van der Waals surface area (Å²) in [5, 5.41) is 2.78. The molecule has 0 aliphatic carbocycles. The van der Waals surface area contributed by atoms with Gasteiger partial charge in [-0.15, -0.1) is 0 Å². The zero-order chi connectivity index (χ0) is 21.7. The lowest BCUT2D eigenvalue weighted by Crippen LogP contribution is -2.30. The number of nitrogens with zero attached hydrogens (tertiary/aromatic N) is 1. The van der Waals surface area contributed by atoms with E-state index in [-0.39, 0.29) is 18.1 Å². The Labute approximate surface area is 175 Å². The Hall–Kier alpha value is -3.39. The fraction of sp³-hybridized carbons (Fsp3) is 0.136. The first-order chi connectivity index (χ1) is 14.3. The van der Waals surface area contributed by atoms with Crippen LogP contribution in [0.5, 0.6) is 5.75 Å². The Bertz CT molecular complexity index is 1130. The second-order valence-corrected chi connectivity index (χ2v) is 8.51. The Balaban J connectivity index is 1.75. The van der Waals surface area contributed by atoms with Crippen molar-refractivity contribution < 1.29 is 22.3 Å². The van der Waals surface area contributed by atoms with E-state index in [1.54, 1.807) is 61.7 Å². The van der Waals surface area contributed by atoms with E-state index >= 15 is 0 Å². The number of nitrogens with one attached hydrogen (secondary N) is 1. The number of carbonyl (C=O) groups excluding carboxylic acids is 1. The first-order valence-electron chi connectivity index (χ1n) is 9.04. The number of carbonyl (C=O) groups is 1. The molecule has 8 heteroatoms. The van der Waals surface area contributed by atoms with Crippen molar-refractivity contribution in [1.29, 1.82) is 0 Å². The summed E-state index contributed by atoms with van der Waals surface area (Å²) in [7, 11) is -2.15. The minimum absolute atomic E-state index is 0.0266. The number of benzene rings is 3. The van der Waals surface area contributed by atoms with Gasteiger partial charge in [0.15, 0.2) is 0 Å². The maximum absolute atomic E-state index is 14.1. The van der Waals surface area contributed by atoms with Gasteiger partial charge >= 0.3 is 0 Å². The number of rotatable bonds is 7. The lowest BCUT2D eigenvalue weighted by atomic mass is 10.1. The summed E-state index contributed by atoms with van der Waals surface area (Å²) < 4.78 is 44.6. The molecule has 0 heterocycles. The molecule has 0 radical (unpaired) electrons. The third-order valence-electron chi connectivity index (χ3n) is 4.41. The molecule has 1 amide bonds. The van der Waals surface area contributed by atoms with E-state index in [2.05, 4.69) is 5.32 Å². The average molecular weight is 428 g/mol. The number of ether oxygens (including phenoxy) is 1. The fourth-order valence-electron chi connectivity index (χ4n) is 2.84. The lowest BCUT2D eigenvalue weighted by molar-refractivity contribution is 0.102. The summed E-state index contributed by atoms with van der Waals surface area (Å²) in [6.07, 6.45) is 1.02. The third kappa shape index (κ3) is 5.15. The lowest BCUT2D eigenvalue weighted by Gasteiger charge is -2.23. The van der Waals surface area contributed by atoms with Crippen molar-refractivity contribution in [2.45, 2.75) is 6.54 Å². The number of halogens is 1. The van der Waals surface area contributed by atoms with Gasteiger partial charge in [-0.1, -0.05) is 24.3 Å². The summed E-state index contributed by atoms with van der Waals surface area (Å²) in [5.41, 5.74) is 1.62. The van der Waals surface area contributed by atoms with Crippen LogP contribution in [0.25, 0.3) is 0 Å².